The fraction of sp³-hybridized carbons (Fsp3) is 0.600. The number of aryl methyl sites for hydroxylation is 2. The molecule has 1 aromatic rings. The van der Waals surface area contributed by atoms with E-state index in [-0.39, 0.29) is 0 Å². The molecule has 1 aromatic carbocycles. The standard InChI is InChI=1S/C15H22O/c1-12-7-8-13(2)14(11-12)15(16)9-5-3-4-6-10-15/h7-8,11,16H,3-6,9-10H2,1-2H3. The molecular weight excluding hydrogens is 196 g/mol. The Hall–Kier alpha value is -0.820. The molecular formula is C15H22O. The second-order valence-electron chi connectivity index (χ2n) is 5.26. The van der Waals surface area contributed by atoms with Crippen LogP contribution in [0.3, 0.4) is 0 Å². The van der Waals surface area contributed by atoms with Crippen LogP contribution in [0, 0.1) is 13.8 Å². The maximum Gasteiger partial charge on any atom is 0.0899 e. The lowest BCUT2D eigenvalue weighted by Gasteiger charge is -2.29. The SMILES string of the molecule is Cc1ccc(C)c(C2(O)CCCCCC2)c1. The molecule has 0 aliphatic heterocycles. The van der Waals surface area contributed by atoms with Crippen molar-refractivity contribution >= 4 is 0 Å². The quantitative estimate of drug-likeness (QED) is 0.710. The molecule has 16 heavy (non-hydrogen) atoms. The van der Waals surface area contributed by atoms with Crippen molar-refractivity contribution in [3.63, 3.8) is 0 Å². The third-order valence-corrected chi connectivity index (χ3v) is 3.83. The first-order valence-electron chi connectivity index (χ1n) is 6.42. The molecule has 0 bridgehead atoms. The Labute approximate surface area is 98.5 Å². The summed E-state index contributed by atoms with van der Waals surface area (Å²) in [5.74, 6) is 0. The van der Waals surface area contributed by atoms with Crippen LogP contribution in [-0.4, -0.2) is 5.11 Å². The van der Waals surface area contributed by atoms with Gasteiger partial charge in [0.2, 0.25) is 0 Å². The van der Waals surface area contributed by atoms with Gasteiger partial charge < -0.3 is 5.11 Å². The number of hydrogen-bond donors (Lipinski definition) is 1. The van der Waals surface area contributed by atoms with E-state index in [0.29, 0.717) is 0 Å². The first kappa shape index (κ1) is 11.7. The minimum atomic E-state index is -0.563. The van der Waals surface area contributed by atoms with Gasteiger partial charge in [0.15, 0.2) is 0 Å². The Morgan fingerprint density at radius 1 is 1.00 bits per heavy atom. The van der Waals surface area contributed by atoms with Gasteiger partial charge in [-0.25, -0.2) is 0 Å². The van der Waals surface area contributed by atoms with Gasteiger partial charge in [-0.2, -0.15) is 0 Å². The monoisotopic (exact) mass is 218 g/mol. The molecule has 1 heteroatoms. The van der Waals surface area contributed by atoms with Crippen molar-refractivity contribution < 1.29 is 5.11 Å². The summed E-state index contributed by atoms with van der Waals surface area (Å²) in [7, 11) is 0. The van der Waals surface area contributed by atoms with Gasteiger partial charge in [0.25, 0.3) is 0 Å². The number of hydrogen-bond acceptors (Lipinski definition) is 1. The van der Waals surface area contributed by atoms with Gasteiger partial charge in [-0.3, -0.25) is 0 Å². The molecule has 0 atom stereocenters. The van der Waals surface area contributed by atoms with Crippen molar-refractivity contribution in [2.75, 3.05) is 0 Å². The van der Waals surface area contributed by atoms with Gasteiger partial charge in [-0.05, 0) is 37.8 Å². The van der Waals surface area contributed by atoms with Crippen molar-refractivity contribution in [1.29, 1.82) is 0 Å². The smallest absolute Gasteiger partial charge is 0.0899 e. The Balaban J connectivity index is 2.36. The molecule has 0 saturated heterocycles. The van der Waals surface area contributed by atoms with Crippen molar-refractivity contribution in [2.24, 2.45) is 0 Å². The molecule has 1 fully saturated rings. The second kappa shape index (κ2) is 4.58. The summed E-state index contributed by atoms with van der Waals surface area (Å²) in [6.45, 7) is 4.21. The lowest BCUT2D eigenvalue weighted by atomic mass is 9.83. The van der Waals surface area contributed by atoms with Crippen molar-refractivity contribution in [3.05, 3.63) is 34.9 Å². The van der Waals surface area contributed by atoms with E-state index in [1.807, 2.05) is 0 Å². The molecule has 0 heterocycles. The van der Waals surface area contributed by atoms with Crippen LogP contribution in [0.1, 0.15) is 55.2 Å². The third kappa shape index (κ3) is 2.30. The fourth-order valence-corrected chi connectivity index (χ4v) is 2.82. The molecule has 0 unspecified atom stereocenters. The molecule has 2 rings (SSSR count). The number of benzene rings is 1. The lowest BCUT2D eigenvalue weighted by molar-refractivity contribution is 0.0201. The molecule has 1 N–H and O–H groups in total. The van der Waals surface area contributed by atoms with E-state index in [1.54, 1.807) is 0 Å². The Bertz CT molecular complexity index is 360. The highest BCUT2D eigenvalue weighted by Gasteiger charge is 2.31. The highest BCUT2D eigenvalue weighted by atomic mass is 16.3. The Morgan fingerprint density at radius 3 is 2.25 bits per heavy atom. The van der Waals surface area contributed by atoms with Gasteiger partial charge in [-0.1, -0.05) is 49.4 Å². The summed E-state index contributed by atoms with van der Waals surface area (Å²) in [4.78, 5) is 0. The van der Waals surface area contributed by atoms with Crippen LogP contribution in [0.25, 0.3) is 0 Å². The van der Waals surface area contributed by atoms with E-state index in [9.17, 15) is 5.11 Å². The van der Waals surface area contributed by atoms with Gasteiger partial charge in [0.1, 0.15) is 0 Å². The topological polar surface area (TPSA) is 20.2 Å². The number of aliphatic hydroxyl groups is 1. The van der Waals surface area contributed by atoms with Crippen LogP contribution in [0.15, 0.2) is 18.2 Å². The van der Waals surface area contributed by atoms with Crippen molar-refractivity contribution in [3.8, 4) is 0 Å². The van der Waals surface area contributed by atoms with Crippen LogP contribution in [-0.2, 0) is 5.60 Å². The summed E-state index contributed by atoms with van der Waals surface area (Å²) in [6, 6.07) is 6.42. The predicted octanol–water partition coefficient (Wildman–Crippen LogP) is 3.85. The molecule has 1 aliphatic rings. The zero-order chi connectivity index (χ0) is 11.6. The first-order chi connectivity index (χ1) is 7.62. The van der Waals surface area contributed by atoms with Gasteiger partial charge >= 0.3 is 0 Å². The van der Waals surface area contributed by atoms with E-state index >= 15 is 0 Å². The highest BCUT2D eigenvalue weighted by molar-refractivity contribution is 5.35. The summed E-state index contributed by atoms with van der Waals surface area (Å²) in [6.07, 6.45) is 6.71. The largest absolute Gasteiger partial charge is 0.385 e. The second-order valence-corrected chi connectivity index (χ2v) is 5.26. The van der Waals surface area contributed by atoms with Crippen LogP contribution in [0.4, 0.5) is 0 Å². The van der Waals surface area contributed by atoms with E-state index < -0.39 is 5.60 Å². The zero-order valence-corrected chi connectivity index (χ0v) is 10.4. The molecule has 1 aliphatic carbocycles. The van der Waals surface area contributed by atoms with Gasteiger partial charge in [-0.15, -0.1) is 0 Å². The molecule has 0 amide bonds. The van der Waals surface area contributed by atoms with E-state index in [4.69, 9.17) is 0 Å². The Morgan fingerprint density at radius 2 is 1.62 bits per heavy atom. The van der Waals surface area contributed by atoms with Crippen molar-refractivity contribution in [1.82, 2.24) is 0 Å². The molecule has 0 aromatic heterocycles. The highest BCUT2D eigenvalue weighted by Crippen LogP contribution is 2.37. The minimum Gasteiger partial charge on any atom is -0.385 e. The molecule has 0 radical (unpaired) electrons. The average Bonchev–Trinajstić information content (AvgIpc) is 2.48. The van der Waals surface area contributed by atoms with Crippen LogP contribution >= 0.6 is 0 Å². The maximum atomic E-state index is 10.8. The molecule has 1 saturated carbocycles. The van der Waals surface area contributed by atoms with E-state index in [2.05, 4.69) is 32.0 Å². The number of rotatable bonds is 1. The zero-order valence-electron chi connectivity index (χ0n) is 10.4. The molecule has 1 nitrogen and oxygen atoms in total. The summed E-state index contributed by atoms with van der Waals surface area (Å²) < 4.78 is 0. The van der Waals surface area contributed by atoms with Crippen LogP contribution in [0.5, 0.6) is 0 Å². The summed E-state index contributed by atoms with van der Waals surface area (Å²) in [5.41, 5.74) is 3.08. The van der Waals surface area contributed by atoms with Crippen LogP contribution < -0.4 is 0 Å². The normalized spacial score (nSPS) is 20.4. The Kier molecular flexibility index (Phi) is 3.34. The third-order valence-electron chi connectivity index (χ3n) is 3.83. The minimum absolute atomic E-state index is 0.563. The van der Waals surface area contributed by atoms with E-state index in [0.717, 1.165) is 31.2 Å². The first-order valence-corrected chi connectivity index (χ1v) is 6.42. The predicted molar refractivity (Wildman–Crippen MR) is 67.5 cm³/mol. The maximum absolute atomic E-state index is 10.8. The molecule has 0 spiro atoms. The van der Waals surface area contributed by atoms with Gasteiger partial charge in [0, 0.05) is 0 Å². The molecule has 88 valence electrons. The van der Waals surface area contributed by atoms with Crippen molar-refractivity contribution in [2.45, 2.75) is 58.0 Å². The fourth-order valence-electron chi connectivity index (χ4n) is 2.82. The van der Waals surface area contributed by atoms with Gasteiger partial charge in [0.05, 0.1) is 5.60 Å². The van der Waals surface area contributed by atoms with Crippen LogP contribution in [0.2, 0.25) is 0 Å². The summed E-state index contributed by atoms with van der Waals surface area (Å²) in [5, 5.41) is 10.8. The van der Waals surface area contributed by atoms with E-state index in [1.165, 1.54) is 24.0 Å². The average molecular weight is 218 g/mol. The lowest BCUT2D eigenvalue weighted by Crippen LogP contribution is -2.25. The summed E-state index contributed by atoms with van der Waals surface area (Å²) >= 11 is 0.